The Balaban J connectivity index is 1.60. The van der Waals surface area contributed by atoms with Gasteiger partial charge in [-0.3, -0.25) is 0 Å². The van der Waals surface area contributed by atoms with Crippen molar-refractivity contribution in [3.05, 3.63) is 18.6 Å². The number of likely N-dealkylation sites (tertiary alicyclic amines) is 1. The zero-order valence-electron chi connectivity index (χ0n) is 11.6. The molecule has 0 amide bonds. The molecular formula is C13H15F5N4. The first-order valence-corrected chi connectivity index (χ1v) is 6.95. The van der Waals surface area contributed by atoms with Crippen LogP contribution < -0.4 is 0 Å². The maximum Gasteiger partial charge on any atom is 0.453 e. The molecule has 0 aliphatic carbocycles. The van der Waals surface area contributed by atoms with Crippen LogP contribution in [0.15, 0.2) is 18.6 Å². The second-order valence-corrected chi connectivity index (χ2v) is 5.56. The number of hydrogen-bond acceptors (Lipinski definition) is 2. The first kappa shape index (κ1) is 15.3. The van der Waals surface area contributed by atoms with Crippen molar-refractivity contribution in [1.29, 1.82) is 0 Å². The molecule has 0 saturated carbocycles. The average Bonchev–Trinajstić information content (AvgIpc) is 3.11. The van der Waals surface area contributed by atoms with Crippen molar-refractivity contribution in [3.8, 4) is 0 Å². The van der Waals surface area contributed by atoms with Gasteiger partial charge in [0.05, 0.1) is 11.8 Å². The number of rotatable bonds is 4. The van der Waals surface area contributed by atoms with Crippen LogP contribution in [0.3, 0.4) is 0 Å². The van der Waals surface area contributed by atoms with Gasteiger partial charge in [-0.15, -0.1) is 0 Å². The smallest absolute Gasteiger partial charge is 0.345 e. The number of aromatic amines is 1. The standard InChI is InChI=1S/C13H15F5N4/c14-12(15,13(16,17)18)3-6-21-5-2-9(7-21)22-8-20-11-10(22)1-4-19-11/h1,4,8-9,19H,2-3,5-7H2/t9-/m0/s1. The molecule has 1 saturated heterocycles. The Kier molecular flexibility index (Phi) is 3.62. The van der Waals surface area contributed by atoms with Crippen molar-refractivity contribution >= 4 is 11.2 Å². The van der Waals surface area contributed by atoms with Crippen LogP contribution in [0.1, 0.15) is 18.9 Å². The highest BCUT2D eigenvalue weighted by atomic mass is 19.4. The Morgan fingerprint density at radius 3 is 2.77 bits per heavy atom. The van der Waals surface area contributed by atoms with Crippen LogP contribution in [0, 0.1) is 0 Å². The molecule has 9 heteroatoms. The molecule has 1 atom stereocenters. The topological polar surface area (TPSA) is 36.9 Å². The minimum Gasteiger partial charge on any atom is -0.345 e. The quantitative estimate of drug-likeness (QED) is 0.878. The molecule has 1 aliphatic heterocycles. The maximum atomic E-state index is 13.0. The highest BCUT2D eigenvalue weighted by Gasteiger charge is 2.56. The lowest BCUT2D eigenvalue weighted by Gasteiger charge is -2.23. The van der Waals surface area contributed by atoms with E-state index in [4.69, 9.17) is 0 Å². The predicted molar refractivity (Wildman–Crippen MR) is 69.8 cm³/mol. The van der Waals surface area contributed by atoms with Gasteiger partial charge in [0.1, 0.15) is 0 Å². The minimum absolute atomic E-state index is 0.0420. The van der Waals surface area contributed by atoms with Gasteiger partial charge >= 0.3 is 12.1 Å². The molecule has 4 nitrogen and oxygen atoms in total. The van der Waals surface area contributed by atoms with Gasteiger partial charge in [0.2, 0.25) is 0 Å². The van der Waals surface area contributed by atoms with E-state index in [1.807, 2.05) is 10.6 Å². The van der Waals surface area contributed by atoms with Crippen LogP contribution in [0.5, 0.6) is 0 Å². The molecule has 122 valence electrons. The molecule has 0 bridgehead atoms. The molecular weight excluding hydrogens is 307 g/mol. The summed E-state index contributed by atoms with van der Waals surface area (Å²) in [5.41, 5.74) is 1.65. The first-order chi connectivity index (χ1) is 10.3. The summed E-state index contributed by atoms with van der Waals surface area (Å²) in [5.74, 6) is -4.63. The summed E-state index contributed by atoms with van der Waals surface area (Å²) in [6.45, 7) is 0.682. The van der Waals surface area contributed by atoms with Gasteiger partial charge in [-0.1, -0.05) is 0 Å². The lowest BCUT2D eigenvalue weighted by atomic mass is 10.2. The molecule has 1 fully saturated rings. The van der Waals surface area contributed by atoms with Gasteiger partial charge in [-0.25, -0.2) is 4.98 Å². The number of fused-ring (bicyclic) bond motifs is 1. The third-order valence-corrected chi connectivity index (χ3v) is 4.09. The number of hydrogen-bond donors (Lipinski definition) is 1. The molecule has 1 N–H and O–H groups in total. The molecule has 1 aliphatic rings. The van der Waals surface area contributed by atoms with Gasteiger partial charge in [0.15, 0.2) is 5.65 Å². The van der Waals surface area contributed by atoms with Gasteiger partial charge in [0.25, 0.3) is 0 Å². The molecule has 3 rings (SSSR count). The molecule has 0 unspecified atom stereocenters. The SMILES string of the molecule is FC(F)(F)C(F)(F)CCN1CC[C@H](n2cnc3[nH]ccc32)C1. The van der Waals surface area contributed by atoms with E-state index in [0.29, 0.717) is 19.5 Å². The van der Waals surface area contributed by atoms with Crippen molar-refractivity contribution in [1.82, 2.24) is 19.4 Å². The van der Waals surface area contributed by atoms with Gasteiger partial charge in [0, 0.05) is 38.3 Å². The highest BCUT2D eigenvalue weighted by molar-refractivity contribution is 5.71. The lowest BCUT2D eigenvalue weighted by molar-refractivity contribution is -0.284. The van der Waals surface area contributed by atoms with E-state index in [1.54, 1.807) is 17.4 Å². The molecule has 3 heterocycles. The van der Waals surface area contributed by atoms with E-state index < -0.39 is 18.5 Å². The number of alkyl halides is 5. The van der Waals surface area contributed by atoms with E-state index in [2.05, 4.69) is 9.97 Å². The Labute approximate surface area is 122 Å². The van der Waals surface area contributed by atoms with Crippen LogP contribution in [0.4, 0.5) is 22.0 Å². The zero-order valence-corrected chi connectivity index (χ0v) is 11.6. The van der Waals surface area contributed by atoms with E-state index >= 15 is 0 Å². The molecule has 22 heavy (non-hydrogen) atoms. The van der Waals surface area contributed by atoms with Crippen LogP contribution in [-0.2, 0) is 0 Å². The second kappa shape index (κ2) is 5.22. The van der Waals surface area contributed by atoms with Crippen molar-refractivity contribution < 1.29 is 22.0 Å². The van der Waals surface area contributed by atoms with E-state index in [0.717, 1.165) is 11.2 Å². The average molecular weight is 322 g/mol. The fourth-order valence-corrected chi connectivity index (χ4v) is 2.82. The van der Waals surface area contributed by atoms with E-state index in [1.165, 1.54) is 0 Å². The number of nitrogens with one attached hydrogen (secondary N) is 1. The summed E-state index contributed by atoms with van der Waals surface area (Å²) in [5, 5.41) is 0. The largest absolute Gasteiger partial charge is 0.453 e. The van der Waals surface area contributed by atoms with Crippen LogP contribution in [0.25, 0.3) is 11.2 Å². The lowest BCUT2D eigenvalue weighted by Crippen LogP contribution is -2.39. The Morgan fingerprint density at radius 1 is 1.27 bits per heavy atom. The molecule has 0 aromatic carbocycles. The van der Waals surface area contributed by atoms with Crippen LogP contribution in [-0.4, -0.2) is 51.2 Å². The van der Waals surface area contributed by atoms with Crippen LogP contribution >= 0.6 is 0 Å². The summed E-state index contributed by atoms with van der Waals surface area (Å²) >= 11 is 0. The van der Waals surface area contributed by atoms with Gasteiger partial charge in [-0.2, -0.15) is 22.0 Å². The summed E-state index contributed by atoms with van der Waals surface area (Å²) in [4.78, 5) is 8.79. The van der Waals surface area contributed by atoms with Gasteiger partial charge in [-0.05, 0) is 12.5 Å². The summed E-state index contributed by atoms with van der Waals surface area (Å²) in [6.07, 6.45) is -2.56. The number of imidazole rings is 1. The Hall–Kier alpha value is -1.64. The number of H-pyrrole nitrogens is 1. The van der Waals surface area contributed by atoms with E-state index in [-0.39, 0.29) is 12.6 Å². The van der Waals surface area contributed by atoms with Crippen molar-refractivity contribution in [2.75, 3.05) is 19.6 Å². The number of nitrogens with zero attached hydrogens (tertiary/aromatic N) is 3. The third-order valence-electron chi connectivity index (χ3n) is 4.09. The summed E-state index contributed by atoms with van der Waals surface area (Å²) in [7, 11) is 0. The first-order valence-electron chi connectivity index (χ1n) is 6.95. The Morgan fingerprint density at radius 2 is 2.05 bits per heavy atom. The highest BCUT2D eigenvalue weighted by Crippen LogP contribution is 2.38. The van der Waals surface area contributed by atoms with Crippen molar-refractivity contribution in [2.24, 2.45) is 0 Å². The fourth-order valence-electron chi connectivity index (χ4n) is 2.82. The van der Waals surface area contributed by atoms with E-state index in [9.17, 15) is 22.0 Å². The van der Waals surface area contributed by atoms with Crippen LogP contribution in [0.2, 0.25) is 0 Å². The fraction of sp³-hybridized carbons (Fsp3) is 0.615. The molecule has 2 aromatic rings. The van der Waals surface area contributed by atoms with Crippen molar-refractivity contribution in [3.63, 3.8) is 0 Å². The number of halogens is 5. The van der Waals surface area contributed by atoms with Crippen molar-refractivity contribution in [2.45, 2.75) is 31.0 Å². The zero-order chi connectivity index (χ0) is 16.0. The molecule has 0 spiro atoms. The number of aromatic nitrogens is 3. The summed E-state index contributed by atoms with van der Waals surface area (Å²) < 4.78 is 64.3. The molecule has 0 radical (unpaired) electrons. The maximum absolute atomic E-state index is 13.0. The predicted octanol–water partition coefficient (Wildman–Crippen LogP) is 3.20. The van der Waals surface area contributed by atoms with Gasteiger partial charge < -0.3 is 14.5 Å². The molecule has 2 aromatic heterocycles. The monoisotopic (exact) mass is 322 g/mol. The third kappa shape index (κ3) is 2.69. The second-order valence-electron chi connectivity index (χ2n) is 5.56. The normalized spacial score (nSPS) is 21.0. The summed E-state index contributed by atoms with van der Waals surface area (Å²) in [6, 6.07) is 1.91. The Bertz CT molecular complexity index is 644. The minimum atomic E-state index is -5.48.